The van der Waals surface area contributed by atoms with Gasteiger partial charge in [-0.1, -0.05) is 6.92 Å². The number of carbonyl (C=O) groups excluding carboxylic acids is 1. The fourth-order valence-corrected chi connectivity index (χ4v) is 2.82. The van der Waals surface area contributed by atoms with E-state index in [1.165, 1.54) is 0 Å². The third kappa shape index (κ3) is 4.75. The molecule has 0 aromatic rings. The molecule has 2 atom stereocenters. The lowest BCUT2D eigenvalue weighted by Crippen LogP contribution is -2.54. The van der Waals surface area contributed by atoms with Crippen LogP contribution in [0.3, 0.4) is 0 Å². The number of amides is 1. The van der Waals surface area contributed by atoms with E-state index >= 15 is 0 Å². The quantitative estimate of drug-likeness (QED) is 0.645. The topological polar surface area (TPSA) is 64.6 Å². The highest BCUT2D eigenvalue weighted by Gasteiger charge is 2.38. The molecule has 0 aromatic carbocycles. The van der Waals surface area contributed by atoms with Crippen molar-refractivity contribution < 1.29 is 9.90 Å². The van der Waals surface area contributed by atoms with Gasteiger partial charge in [0.05, 0.1) is 11.0 Å². The van der Waals surface area contributed by atoms with Crippen LogP contribution >= 0.6 is 0 Å². The number of piperidine rings is 1. The Labute approximate surface area is 116 Å². The van der Waals surface area contributed by atoms with E-state index in [0.717, 1.165) is 32.4 Å². The van der Waals surface area contributed by atoms with Crippen LogP contribution in [0.15, 0.2) is 0 Å². The smallest absolute Gasteiger partial charge is 0.227 e. The minimum absolute atomic E-state index is 0.0706. The average Bonchev–Trinajstić information content (AvgIpc) is 2.35. The highest BCUT2D eigenvalue weighted by molar-refractivity contribution is 5.83. The number of aliphatic hydroxyl groups is 1. The van der Waals surface area contributed by atoms with Crippen molar-refractivity contribution >= 4 is 5.91 Å². The summed E-state index contributed by atoms with van der Waals surface area (Å²) in [5, 5.41) is 16.5. The second-order valence-electron chi connectivity index (χ2n) is 6.33. The first-order valence-corrected chi connectivity index (χ1v) is 7.17. The number of nitrogens with zero attached hydrogens (tertiary/aromatic N) is 1. The van der Waals surface area contributed by atoms with Gasteiger partial charge in [0.15, 0.2) is 0 Å². The van der Waals surface area contributed by atoms with E-state index in [1.807, 2.05) is 19.0 Å². The highest BCUT2D eigenvalue weighted by atomic mass is 16.3. The molecule has 1 aliphatic rings. The van der Waals surface area contributed by atoms with Crippen molar-refractivity contribution in [1.29, 1.82) is 0 Å². The number of rotatable bonds is 6. The van der Waals surface area contributed by atoms with Crippen LogP contribution in [-0.2, 0) is 4.79 Å². The van der Waals surface area contributed by atoms with Crippen molar-refractivity contribution in [3.05, 3.63) is 0 Å². The lowest BCUT2D eigenvalue weighted by atomic mass is 9.77. The van der Waals surface area contributed by atoms with E-state index < -0.39 is 5.60 Å². The zero-order valence-electron chi connectivity index (χ0n) is 12.8. The summed E-state index contributed by atoms with van der Waals surface area (Å²) in [6.45, 7) is 6.38. The number of carbonyl (C=O) groups is 1. The molecule has 1 heterocycles. The van der Waals surface area contributed by atoms with Crippen molar-refractivity contribution in [2.24, 2.45) is 5.41 Å². The lowest BCUT2D eigenvalue weighted by molar-refractivity contribution is -0.133. The number of likely N-dealkylation sites (N-methyl/N-ethyl adjacent to an activating group) is 1. The predicted octanol–water partition coefficient (Wildman–Crippen LogP) is 0.195. The summed E-state index contributed by atoms with van der Waals surface area (Å²) in [7, 11) is 3.82. The Kier molecular flexibility index (Phi) is 5.77. The van der Waals surface area contributed by atoms with Crippen LogP contribution in [0, 0.1) is 5.41 Å². The lowest BCUT2D eigenvalue weighted by Gasteiger charge is -2.36. The summed E-state index contributed by atoms with van der Waals surface area (Å²) >= 11 is 0. The SMILES string of the molecule is CCC1(C(=O)NCC(C)(O)CN(C)C)CCCNC1. The Morgan fingerprint density at radius 1 is 1.53 bits per heavy atom. The Bertz CT molecular complexity index is 297. The molecule has 112 valence electrons. The third-order valence-corrected chi connectivity index (χ3v) is 3.92. The summed E-state index contributed by atoms with van der Waals surface area (Å²) in [6, 6.07) is 0. The van der Waals surface area contributed by atoms with Gasteiger partial charge in [-0.15, -0.1) is 0 Å². The monoisotopic (exact) mass is 271 g/mol. The van der Waals surface area contributed by atoms with Crippen LogP contribution in [0.25, 0.3) is 0 Å². The molecule has 1 aliphatic heterocycles. The van der Waals surface area contributed by atoms with Crippen molar-refractivity contribution in [1.82, 2.24) is 15.5 Å². The maximum absolute atomic E-state index is 12.4. The molecule has 0 aromatic heterocycles. The number of nitrogens with one attached hydrogen (secondary N) is 2. The fraction of sp³-hybridized carbons (Fsp3) is 0.929. The van der Waals surface area contributed by atoms with E-state index in [0.29, 0.717) is 13.1 Å². The molecule has 1 rings (SSSR count). The van der Waals surface area contributed by atoms with Gasteiger partial charge in [-0.25, -0.2) is 0 Å². The van der Waals surface area contributed by atoms with Crippen LogP contribution < -0.4 is 10.6 Å². The molecule has 0 spiro atoms. The van der Waals surface area contributed by atoms with Gasteiger partial charge in [0.1, 0.15) is 0 Å². The van der Waals surface area contributed by atoms with Crippen molar-refractivity contribution in [2.75, 3.05) is 40.3 Å². The van der Waals surface area contributed by atoms with Crippen LogP contribution in [0.1, 0.15) is 33.1 Å². The molecule has 5 heteroatoms. The van der Waals surface area contributed by atoms with Gasteiger partial charge in [0.2, 0.25) is 5.91 Å². The first-order valence-electron chi connectivity index (χ1n) is 7.17. The zero-order chi connectivity index (χ0) is 14.5. The molecule has 19 heavy (non-hydrogen) atoms. The molecule has 0 radical (unpaired) electrons. The molecule has 1 saturated heterocycles. The fourth-order valence-electron chi connectivity index (χ4n) is 2.82. The molecule has 1 amide bonds. The van der Waals surface area contributed by atoms with Gasteiger partial charge in [0.25, 0.3) is 0 Å². The minimum atomic E-state index is -0.893. The summed E-state index contributed by atoms with van der Waals surface area (Å²) in [6.07, 6.45) is 2.80. The van der Waals surface area contributed by atoms with Crippen molar-refractivity contribution in [3.63, 3.8) is 0 Å². The van der Waals surface area contributed by atoms with Gasteiger partial charge >= 0.3 is 0 Å². The highest BCUT2D eigenvalue weighted by Crippen LogP contribution is 2.30. The van der Waals surface area contributed by atoms with Crippen LogP contribution in [0.4, 0.5) is 0 Å². The van der Waals surface area contributed by atoms with Crippen molar-refractivity contribution in [2.45, 2.75) is 38.7 Å². The van der Waals surface area contributed by atoms with Gasteiger partial charge in [-0.05, 0) is 46.8 Å². The van der Waals surface area contributed by atoms with E-state index in [9.17, 15) is 9.90 Å². The van der Waals surface area contributed by atoms with Crippen LogP contribution in [-0.4, -0.2) is 61.8 Å². The molecule has 5 nitrogen and oxygen atoms in total. The molecule has 0 saturated carbocycles. The van der Waals surface area contributed by atoms with E-state index in [4.69, 9.17) is 0 Å². The Morgan fingerprint density at radius 2 is 2.21 bits per heavy atom. The Morgan fingerprint density at radius 3 is 2.68 bits per heavy atom. The summed E-state index contributed by atoms with van der Waals surface area (Å²) in [4.78, 5) is 14.3. The second kappa shape index (κ2) is 6.68. The maximum Gasteiger partial charge on any atom is 0.227 e. The van der Waals surface area contributed by atoms with Gasteiger partial charge in [-0.3, -0.25) is 4.79 Å². The average molecular weight is 271 g/mol. The molecular weight excluding hydrogens is 242 g/mol. The minimum Gasteiger partial charge on any atom is -0.387 e. The largest absolute Gasteiger partial charge is 0.387 e. The Hall–Kier alpha value is -0.650. The van der Waals surface area contributed by atoms with E-state index in [-0.39, 0.29) is 11.3 Å². The summed E-state index contributed by atoms with van der Waals surface area (Å²) in [5.74, 6) is 0.0706. The maximum atomic E-state index is 12.4. The predicted molar refractivity (Wildman–Crippen MR) is 77.0 cm³/mol. The molecule has 1 fully saturated rings. The third-order valence-electron chi connectivity index (χ3n) is 3.92. The Balaban J connectivity index is 2.53. The van der Waals surface area contributed by atoms with E-state index in [2.05, 4.69) is 17.6 Å². The molecular formula is C14H29N3O2. The first kappa shape index (κ1) is 16.4. The summed E-state index contributed by atoms with van der Waals surface area (Å²) < 4.78 is 0. The van der Waals surface area contributed by atoms with Crippen molar-refractivity contribution in [3.8, 4) is 0 Å². The van der Waals surface area contributed by atoms with Crippen LogP contribution in [0.2, 0.25) is 0 Å². The molecule has 2 unspecified atom stereocenters. The van der Waals surface area contributed by atoms with Gasteiger partial charge < -0.3 is 20.6 Å². The molecule has 3 N–H and O–H groups in total. The second-order valence-corrected chi connectivity index (χ2v) is 6.33. The molecule has 0 bridgehead atoms. The molecule has 0 aliphatic carbocycles. The van der Waals surface area contributed by atoms with Gasteiger partial charge in [-0.2, -0.15) is 0 Å². The summed E-state index contributed by atoms with van der Waals surface area (Å²) in [5.41, 5.74) is -1.19. The first-order chi connectivity index (χ1) is 8.81. The van der Waals surface area contributed by atoms with Crippen LogP contribution in [0.5, 0.6) is 0 Å². The zero-order valence-corrected chi connectivity index (χ0v) is 12.8. The normalized spacial score (nSPS) is 27.1. The number of hydrogen-bond acceptors (Lipinski definition) is 4. The standard InChI is InChI=1S/C14H29N3O2/c1-5-14(7-6-8-15-10-14)12(18)16-9-13(2,19)11-17(3)4/h15,19H,5-11H2,1-4H3,(H,16,18). The number of hydrogen-bond donors (Lipinski definition) is 3. The van der Waals surface area contributed by atoms with Gasteiger partial charge in [0, 0.05) is 19.6 Å². The van der Waals surface area contributed by atoms with E-state index in [1.54, 1.807) is 6.92 Å².